The molecule has 0 amide bonds. The number of nitrogens with two attached hydrogens (primary N) is 1. The van der Waals surface area contributed by atoms with Crippen molar-refractivity contribution in [3.8, 4) is 6.07 Å². The molecule has 6 heteroatoms. The van der Waals surface area contributed by atoms with Crippen LogP contribution in [0.2, 0.25) is 0 Å². The van der Waals surface area contributed by atoms with Crippen molar-refractivity contribution < 1.29 is 8.42 Å². The Hall–Kier alpha value is -1.74. The Balaban J connectivity index is 2.05. The van der Waals surface area contributed by atoms with Gasteiger partial charge in [-0.1, -0.05) is 0 Å². The van der Waals surface area contributed by atoms with Crippen molar-refractivity contribution in [1.82, 2.24) is 0 Å². The summed E-state index contributed by atoms with van der Waals surface area (Å²) in [7, 11) is -2.84. The fourth-order valence-electron chi connectivity index (χ4n) is 2.02. The number of nitriles is 1. The number of nitrogen functional groups attached to an aromatic ring is 1. The average Bonchev–Trinajstić information content (AvgIpc) is 2.34. The van der Waals surface area contributed by atoms with Crippen LogP contribution in [-0.4, -0.2) is 26.0 Å². The maximum absolute atomic E-state index is 11.3. The molecule has 96 valence electrons. The third-order valence-electron chi connectivity index (χ3n) is 3.09. The van der Waals surface area contributed by atoms with Crippen LogP contribution in [-0.2, 0) is 9.84 Å². The lowest BCUT2D eigenvalue weighted by molar-refractivity contribution is 0.559. The van der Waals surface area contributed by atoms with E-state index in [1.807, 2.05) is 6.07 Å². The zero-order valence-electron chi connectivity index (χ0n) is 9.89. The van der Waals surface area contributed by atoms with Crippen molar-refractivity contribution in [1.29, 1.82) is 5.26 Å². The lowest BCUT2D eigenvalue weighted by Crippen LogP contribution is -2.32. The van der Waals surface area contributed by atoms with Gasteiger partial charge in [0, 0.05) is 6.04 Å². The Bertz CT molecular complexity index is 576. The molecule has 1 aliphatic rings. The van der Waals surface area contributed by atoms with Gasteiger partial charge in [0.2, 0.25) is 0 Å². The van der Waals surface area contributed by atoms with E-state index < -0.39 is 9.84 Å². The van der Waals surface area contributed by atoms with Crippen LogP contribution in [0.5, 0.6) is 0 Å². The number of hydrogen-bond donors (Lipinski definition) is 2. The molecule has 0 bridgehead atoms. The van der Waals surface area contributed by atoms with Gasteiger partial charge in [-0.05, 0) is 31.0 Å². The molecule has 1 saturated heterocycles. The molecule has 1 heterocycles. The molecule has 18 heavy (non-hydrogen) atoms. The fourth-order valence-corrected chi connectivity index (χ4v) is 3.51. The summed E-state index contributed by atoms with van der Waals surface area (Å²) in [4.78, 5) is 0. The second kappa shape index (κ2) is 4.86. The molecule has 0 spiro atoms. The van der Waals surface area contributed by atoms with Gasteiger partial charge in [0.15, 0.2) is 0 Å². The van der Waals surface area contributed by atoms with Crippen molar-refractivity contribution in [2.45, 2.75) is 18.9 Å². The SMILES string of the molecule is N#Cc1ccc(NC2CCS(=O)(=O)CC2)c(N)c1. The molecule has 1 aromatic carbocycles. The van der Waals surface area contributed by atoms with Crippen molar-refractivity contribution in [3.05, 3.63) is 23.8 Å². The highest BCUT2D eigenvalue weighted by Gasteiger charge is 2.23. The summed E-state index contributed by atoms with van der Waals surface area (Å²) in [6, 6.07) is 7.22. The van der Waals surface area contributed by atoms with E-state index in [1.165, 1.54) is 0 Å². The Labute approximate surface area is 107 Å². The molecular weight excluding hydrogens is 250 g/mol. The molecule has 1 aromatic rings. The van der Waals surface area contributed by atoms with Crippen LogP contribution in [0.15, 0.2) is 18.2 Å². The number of rotatable bonds is 2. The van der Waals surface area contributed by atoms with Gasteiger partial charge in [0.05, 0.1) is 34.5 Å². The van der Waals surface area contributed by atoms with Crippen LogP contribution in [0.3, 0.4) is 0 Å². The summed E-state index contributed by atoms with van der Waals surface area (Å²) in [5, 5.41) is 12.0. The molecule has 0 saturated carbocycles. The van der Waals surface area contributed by atoms with Gasteiger partial charge < -0.3 is 11.1 Å². The molecule has 0 atom stereocenters. The van der Waals surface area contributed by atoms with Gasteiger partial charge in [-0.3, -0.25) is 0 Å². The van der Waals surface area contributed by atoms with Crippen LogP contribution in [0.4, 0.5) is 11.4 Å². The van der Waals surface area contributed by atoms with Gasteiger partial charge in [0.1, 0.15) is 9.84 Å². The summed E-state index contributed by atoms with van der Waals surface area (Å²) in [6.45, 7) is 0. The maximum Gasteiger partial charge on any atom is 0.150 e. The number of anilines is 2. The second-order valence-electron chi connectivity index (χ2n) is 4.48. The predicted molar refractivity (Wildman–Crippen MR) is 70.9 cm³/mol. The lowest BCUT2D eigenvalue weighted by atomic mass is 10.1. The van der Waals surface area contributed by atoms with Crippen LogP contribution in [0.1, 0.15) is 18.4 Å². The van der Waals surface area contributed by atoms with E-state index in [0.717, 1.165) is 5.69 Å². The number of nitrogens with one attached hydrogen (secondary N) is 1. The van der Waals surface area contributed by atoms with E-state index in [0.29, 0.717) is 24.1 Å². The van der Waals surface area contributed by atoms with Gasteiger partial charge in [0.25, 0.3) is 0 Å². The standard InChI is InChI=1S/C12H15N3O2S/c13-8-9-1-2-12(11(14)7-9)15-10-3-5-18(16,17)6-4-10/h1-2,7,10,15H,3-6,14H2. The second-order valence-corrected chi connectivity index (χ2v) is 6.79. The summed E-state index contributed by atoms with van der Waals surface area (Å²) in [5.74, 6) is 0.446. The Morgan fingerprint density at radius 3 is 2.56 bits per heavy atom. The molecule has 1 aliphatic heterocycles. The quantitative estimate of drug-likeness (QED) is 0.781. The smallest absolute Gasteiger partial charge is 0.150 e. The normalized spacial score (nSPS) is 19.1. The number of benzene rings is 1. The molecule has 2 rings (SSSR count). The number of nitrogens with zero attached hydrogens (tertiary/aromatic N) is 1. The first-order valence-corrected chi connectivity index (χ1v) is 7.59. The minimum atomic E-state index is -2.84. The highest BCUT2D eigenvalue weighted by Crippen LogP contribution is 2.23. The van der Waals surface area contributed by atoms with Crippen LogP contribution in [0.25, 0.3) is 0 Å². The third-order valence-corrected chi connectivity index (χ3v) is 4.81. The summed E-state index contributed by atoms with van der Waals surface area (Å²) in [6.07, 6.45) is 1.20. The van der Waals surface area contributed by atoms with E-state index in [4.69, 9.17) is 11.0 Å². The maximum atomic E-state index is 11.3. The molecular formula is C12H15N3O2S. The topological polar surface area (TPSA) is 96.0 Å². The van der Waals surface area contributed by atoms with E-state index in [-0.39, 0.29) is 17.5 Å². The number of sulfone groups is 1. The van der Waals surface area contributed by atoms with Crippen molar-refractivity contribution in [2.75, 3.05) is 22.6 Å². The largest absolute Gasteiger partial charge is 0.397 e. The lowest BCUT2D eigenvalue weighted by Gasteiger charge is -2.24. The van der Waals surface area contributed by atoms with Gasteiger partial charge in [-0.2, -0.15) is 5.26 Å². The Kier molecular flexibility index (Phi) is 3.43. The Morgan fingerprint density at radius 2 is 2.00 bits per heavy atom. The van der Waals surface area contributed by atoms with E-state index >= 15 is 0 Å². The molecule has 0 aromatic heterocycles. The van der Waals surface area contributed by atoms with Crippen LogP contribution < -0.4 is 11.1 Å². The minimum absolute atomic E-state index is 0.128. The van der Waals surface area contributed by atoms with Crippen molar-refractivity contribution in [2.24, 2.45) is 0 Å². The zero-order valence-corrected chi connectivity index (χ0v) is 10.7. The first kappa shape index (κ1) is 12.7. The highest BCUT2D eigenvalue weighted by atomic mass is 32.2. The zero-order chi connectivity index (χ0) is 13.2. The molecule has 3 N–H and O–H groups in total. The molecule has 5 nitrogen and oxygen atoms in total. The van der Waals surface area contributed by atoms with Crippen molar-refractivity contribution in [3.63, 3.8) is 0 Å². The molecule has 0 unspecified atom stereocenters. The third kappa shape index (κ3) is 2.93. The molecule has 1 fully saturated rings. The number of hydrogen-bond acceptors (Lipinski definition) is 5. The molecule has 0 aliphatic carbocycles. The average molecular weight is 265 g/mol. The first-order valence-electron chi connectivity index (χ1n) is 5.77. The van der Waals surface area contributed by atoms with E-state index in [9.17, 15) is 8.42 Å². The van der Waals surface area contributed by atoms with Crippen LogP contribution >= 0.6 is 0 Å². The van der Waals surface area contributed by atoms with Gasteiger partial charge in [-0.15, -0.1) is 0 Å². The highest BCUT2D eigenvalue weighted by molar-refractivity contribution is 7.91. The van der Waals surface area contributed by atoms with E-state index in [1.54, 1.807) is 18.2 Å². The monoisotopic (exact) mass is 265 g/mol. The van der Waals surface area contributed by atoms with Crippen LogP contribution in [0, 0.1) is 11.3 Å². The molecule has 0 radical (unpaired) electrons. The van der Waals surface area contributed by atoms with Gasteiger partial charge >= 0.3 is 0 Å². The predicted octanol–water partition coefficient (Wildman–Crippen LogP) is 1.13. The minimum Gasteiger partial charge on any atom is -0.397 e. The summed E-state index contributed by atoms with van der Waals surface area (Å²) >= 11 is 0. The van der Waals surface area contributed by atoms with Gasteiger partial charge in [-0.25, -0.2) is 8.42 Å². The Morgan fingerprint density at radius 1 is 1.33 bits per heavy atom. The van der Waals surface area contributed by atoms with Crippen molar-refractivity contribution >= 4 is 21.2 Å². The van der Waals surface area contributed by atoms with E-state index in [2.05, 4.69) is 5.32 Å². The first-order chi connectivity index (χ1) is 8.50. The summed E-state index contributed by atoms with van der Waals surface area (Å²) < 4.78 is 22.6. The summed E-state index contributed by atoms with van der Waals surface area (Å²) in [5.41, 5.74) is 7.63. The fraction of sp³-hybridized carbons (Fsp3) is 0.417.